The van der Waals surface area contributed by atoms with E-state index in [0.717, 1.165) is 39.8 Å². The molecule has 0 amide bonds. The van der Waals surface area contributed by atoms with E-state index in [0.29, 0.717) is 5.75 Å². The number of benzene rings is 2. The van der Waals surface area contributed by atoms with Crippen LogP contribution in [0.2, 0.25) is 0 Å². The highest BCUT2D eigenvalue weighted by atomic mass is 16.5. The van der Waals surface area contributed by atoms with Crippen LogP contribution in [0, 0.1) is 6.92 Å². The summed E-state index contributed by atoms with van der Waals surface area (Å²) < 4.78 is 23.3. The first-order valence-electron chi connectivity index (χ1n) is 9.49. The highest BCUT2D eigenvalue weighted by Crippen LogP contribution is 2.49. The molecule has 0 spiro atoms. The minimum absolute atomic E-state index is 0.0366. The number of aryl methyl sites for hydroxylation is 1. The van der Waals surface area contributed by atoms with Crippen molar-refractivity contribution in [1.29, 1.82) is 0 Å². The maximum absolute atomic E-state index is 6.46. The van der Waals surface area contributed by atoms with Crippen molar-refractivity contribution in [3.05, 3.63) is 83.3 Å². The van der Waals surface area contributed by atoms with Crippen LogP contribution in [0.5, 0.6) is 17.2 Å². The molecule has 0 bridgehead atoms. The van der Waals surface area contributed by atoms with Gasteiger partial charge in [-0.1, -0.05) is 24.3 Å². The van der Waals surface area contributed by atoms with Crippen LogP contribution in [0.1, 0.15) is 34.9 Å². The second-order valence-electron chi connectivity index (χ2n) is 7.08. The maximum Gasteiger partial charge on any atom is 0.196 e. The lowest BCUT2D eigenvalue weighted by molar-refractivity contribution is -0.0345. The summed E-state index contributed by atoms with van der Waals surface area (Å²) in [6.07, 6.45) is 1.79. The van der Waals surface area contributed by atoms with Gasteiger partial charge in [0.05, 0.1) is 26.0 Å². The predicted molar refractivity (Wildman–Crippen MR) is 108 cm³/mol. The Morgan fingerprint density at radius 2 is 1.86 bits per heavy atom. The summed E-state index contributed by atoms with van der Waals surface area (Å²) in [4.78, 5) is 0. The van der Waals surface area contributed by atoms with Crippen molar-refractivity contribution in [3.63, 3.8) is 0 Å². The number of para-hydroxylation sites is 1. The van der Waals surface area contributed by atoms with Crippen molar-refractivity contribution in [2.75, 3.05) is 14.2 Å². The van der Waals surface area contributed by atoms with Gasteiger partial charge in [-0.15, -0.1) is 0 Å². The largest absolute Gasteiger partial charge is 0.497 e. The average Bonchev–Trinajstić information content (AvgIpc) is 3.39. The fourth-order valence-corrected chi connectivity index (χ4v) is 3.89. The van der Waals surface area contributed by atoms with Crippen LogP contribution >= 0.6 is 0 Å². The van der Waals surface area contributed by atoms with Crippen LogP contribution in [-0.4, -0.2) is 19.2 Å². The highest BCUT2D eigenvalue weighted by Gasteiger charge is 2.41. The number of furan rings is 1. The van der Waals surface area contributed by atoms with E-state index in [2.05, 4.69) is 22.6 Å². The number of ether oxygens (including phenoxy) is 3. The highest BCUT2D eigenvalue weighted by molar-refractivity contribution is 5.65. The summed E-state index contributed by atoms with van der Waals surface area (Å²) in [5.41, 5.74) is 6.41. The molecule has 2 unspecified atom stereocenters. The third kappa shape index (κ3) is 2.93. The molecule has 2 aromatic carbocycles. The van der Waals surface area contributed by atoms with Crippen molar-refractivity contribution >= 4 is 5.70 Å². The summed E-state index contributed by atoms with van der Waals surface area (Å²) >= 11 is 0. The Morgan fingerprint density at radius 3 is 2.62 bits per heavy atom. The van der Waals surface area contributed by atoms with Gasteiger partial charge in [0.25, 0.3) is 0 Å². The number of nitrogens with one attached hydrogen (secondary N) is 1. The quantitative estimate of drug-likeness (QED) is 0.703. The average molecular weight is 390 g/mol. The minimum atomic E-state index is -0.372. The second-order valence-corrected chi connectivity index (χ2v) is 7.08. The molecule has 2 aliphatic heterocycles. The van der Waals surface area contributed by atoms with E-state index in [1.54, 1.807) is 14.2 Å². The fraction of sp³-hybridized carbons (Fsp3) is 0.217. The van der Waals surface area contributed by atoms with Gasteiger partial charge in [0, 0.05) is 11.1 Å². The van der Waals surface area contributed by atoms with Crippen LogP contribution in [0.25, 0.3) is 5.70 Å². The van der Waals surface area contributed by atoms with E-state index in [1.165, 1.54) is 0 Å². The number of fused-ring (bicyclic) bond motifs is 3. The number of hydrogen-bond acceptors (Lipinski definition) is 6. The molecular formula is C23H22N2O4. The van der Waals surface area contributed by atoms with E-state index in [-0.39, 0.29) is 12.3 Å². The molecule has 0 fully saturated rings. The molecule has 0 saturated carbocycles. The smallest absolute Gasteiger partial charge is 0.196 e. The van der Waals surface area contributed by atoms with Gasteiger partial charge in [0.1, 0.15) is 11.5 Å². The Labute approximate surface area is 169 Å². The lowest BCUT2D eigenvalue weighted by Crippen LogP contribution is -2.43. The molecule has 2 atom stereocenters. The third-order valence-electron chi connectivity index (χ3n) is 5.29. The number of methoxy groups -OCH3 is 2. The first-order chi connectivity index (χ1) is 14.2. The molecule has 0 saturated heterocycles. The van der Waals surface area contributed by atoms with Gasteiger partial charge in [0.15, 0.2) is 23.5 Å². The van der Waals surface area contributed by atoms with Crippen molar-refractivity contribution in [2.24, 2.45) is 0 Å². The molecule has 0 radical (unpaired) electrons. The van der Waals surface area contributed by atoms with E-state index >= 15 is 0 Å². The first kappa shape index (κ1) is 17.7. The van der Waals surface area contributed by atoms with Gasteiger partial charge < -0.3 is 24.1 Å². The van der Waals surface area contributed by atoms with E-state index in [4.69, 9.17) is 18.6 Å². The van der Waals surface area contributed by atoms with E-state index in [9.17, 15) is 0 Å². The minimum Gasteiger partial charge on any atom is -0.497 e. The summed E-state index contributed by atoms with van der Waals surface area (Å²) in [7, 11) is 3.32. The van der Waals surface area contributed by atoms with Crippen molar-refractivity contribution in [2.45, 2.75) is 19.2 Å². The Bertz CT molecular complexity index is 1090. The zero-order chi connectivity index (χ0) is 20.0. The SMILES string of the molecule is COc1cccc(C2Oc3c(OC)cccc3C3C=C(c4ccc(C)o4)NN32)c1. The lowest BCUT2D eigenvalue weighted by Gasteiger charge is -2.39. The monoisotopic (exact) mass is 390 g/mol. The zero-order valence-electron chi connectivity index (χ0n) is 16.5. The number of hydrogen-bond donors (Lipinski definition) is 1. The van der Waals surface area contributed by atoms with Crippen LogP contribution in [0.15, 0.2) is 65.1 Å². The predicted octanol–water partition coefficient (Wildman–Crippen LogP) is 4.60. The summed E-state index contributed by atoms with van der Waals surface area (Å²) in [5, 5.41) is 2.09. The van der Waals surface area contributed by atoms with E-state index < -0.39 is 0 Å². The lowest BCUT2D eigenvalue weighted by atomic mass is 10.0. The number of rotatable bonds is 4. The maximum atomic E-state index is 6.46. The summed E-state index contributed by atoms with van der Waals surface area (Å²) in [6, 6.07) is 17.8. The molecule has 148 valence electrons. The summed E-state index contributed by atoms with van der Waals surface area (Å²) in [6.45, 7) is 1.94. The Balaban J connectivity index is 1.62. The van der Waals surface area contributed by atoms with Gasteiger partial charge in [0.2, 0.25) is 0 Å². The molecule has 2 aliphatic rings. The molecule has 0 aliphatic carbocycles. The molecule has 1 aromatic heterocycles. The molecular weight excluding hydrogens is 368 g/mol. The molecule has 1 N–H and O–H groups in total. The molecule has 6 nitrogen and oxygen atoms in total. The fourth-order valence-electron chi connectivity index (χ4n) is 3.89. The van der Waals surface area contributed by atoms with Crippen LogP contribution < -0.4 is 19.6 Å². The van der Waals surface area contributed by atoms with Gasteiger partial charge in [-0.05, 0) is 43.3 Å². The first-order valence-corrected chi connectivity index (χ1v) is 9.49. The van der Waals surface area contributed by atoms with Gasteiger partial charge >= 0.3 is 0 Å². The second kappa shape index (κ2) is 6.90. The zero-order valence-corrected chi connectivity index (χ0v) is 16.5. The van der Waals surface area contributed by atoms with Gasteiger partial charge in [-0.3, -0.25) is 0 Å². The molecule has 3 aromatic rings. The van der Waals surface area contributed by atoms with Crippen LogP contribution in [-0.2, 0) is 0 Å². The third-order valence-corrected chi connectivity index (χ3v) is 5.29. The number of hydrazine groups is 1. The molecule has 5 rings (SSSR count). The van der Waals surface area contributed by atoms with Crippen molar-refractivity contribution < 1.29 is 18.6 Å². The normalized spacial score (nSPS) is 20.2. The van der Waals surface area contributed by atoms with Crippen LogP contribution in [0.3, 0.4) is 0 Å². The standard InChI is InChI=1S/C23H22N2O4/c1-14-10-11-20(28-14)18-13-19-17-8-5-9-21(27-3)22(17)29-23(25(19)24-18)15-6-4-7-16(12-15)26-2/h4-13,19,23-24H,1-3H3. The van der Waals surface area contributed by atoms with E-state index in [1.807, 2.05) is 55.5 Å². The van der Waals surface area contributed by atoms with Gasteiger partial charge in [-0.25, -0.2) is 0 Å². The molecule has 3 heterocycles. The van der Waals surface area contributed by atoms with Crippen molar-refractivity contribution in [1.82, 2.24) is 10.4 Å². The Kier molecular flexibility index (Phi) is 4.21. The molecule has 29 heavy (non-hydrogen) atoms. The Morgan fingerprint density at radius 1 is 1.00 bits per heavy atom. The molecule has 6 heteroatoms. The summed E-state index contributed by atoms with van der Waals surface area (Å²) in [5.74, 6) is 3.91. The van der Waals surface area contributed by atoms with Crippen molar-refractivity contribution in [3.8, 4) is 17.2 Å². The Hall–Kier alpha value is -3.38. The van der Waals surface area contributed by atoms with Gasteiger partial charge in [-0.2, -0.15) is 5.01 Å². The topological polar surface area (TPSA) is 56.1 Å². The number of nitrogens with zero attached hydrogens (tertiary/aromatic N) is 1. The van der Waals surface area contributed by atoms with Crippen LogP contribution in [0.4, 0.5) is 0 Å².